The zero-order valence-electron chi connectivity index (χ0n) is 19.5. The van der Waals surface area contributed by atoms with Crippen LogP contribution in [0.25, 0.3) is 0 Å². The van der Waals surface area contributed by atoms with E-state index in [1.54, 1.807) is 51.3 Å². The van der Waals surface area contributed by atoms with Crippen LogP contribution in [-0.2, 0) is 26.2 Å². The number of halogens is 1. The largest absolute Gasteiger partial charge is 0.497 e. The standard InChI is InChI=1S/C23H30ClN3O5S/c1-6-20(23(29)25-3)26(14-17-8-7-9-19(12-17)32-4)22(28)15-27(33(5,30)31)21-13-18(24)11-10-16(21)2/h7-13,20H,6,14-15H2,1-5H3,(H,25,29). The molecule has 2 rings (SSSR count). The van der Waals surface area contributed by atoms with Gasteiger partial charge in [0.15, 0.2) is 0 Å². The smallest absolute Gasteiger partial charge is 0.244 e. The van der Waals surface area contributed by atoms with E-state index in [1.807, 2.05) is 6.07 Å². The average molecular weight is 496 g/mol. The van der Waals surface area contributed by atoms with Crippen LogP contribution < -0.4 is 14.4 Å². The lowest BCUT2D eigenvalue weighted by Gasteiger charge is -2.33. The molecule has 0 heterocycles. The number of carbonyl (C=O) groups is 2. The van der Waals surface area contributed by atoms with Crippen LogP contribution in [0.2, 0.25) is 5.02 Å². The number of amides is 2. The Morgan fingerprint density at radius 1 is 1.18 bits per heavy atom. The first-order valence-electron chi connectivity index (χ1n) is 10.4. The number of hydrogen-bond donors (Lipinski definition) is 1. The number of sulfonamides is 1. The Morgan fingerprint density at radius 3 is 2.45 bits per heavy atom. The Kier molecular flexibility index (Phi) is 9.13. The third-order valence-corrected chi connectivity index (χ3v) is 6.60. The maximum Gasteiger partial charge on any atom is 0.244 e. The summed E-state index contributed by atoms with van der Waals surface area (Å²) in [6.45, 7) is 3.16. The molecular formula is C23H30ClN3O5S. The molecule has 0 saturated heterocycles. The van der Waals surface area contributed by atoms with Gasteiger partial charge in [-0.2, -0.15) is 0 Å². The molecule has 0 fully saturated rings. The molecule has 0 aliphatic carbocycles. The molecule has 0 aliphatic rings. The van der Waals surface area contributed by atoms with Crippen molar-refractivity contribution in [3.63, 3.8) is 0 Å². The van der Waals surface area contributed by atoms with Crippen LogP contribution in [0.1, 0.15) is 24.5 Å². The number of rotatable bonds is 10. The van der Waals surface area contributed by atoms with Gasteiger partial charge < -0.3 is 15.0 Å². The fourth-order valence-corrected chi connectivity index (χ4v) is 4.56. The molecule has 0 aliphatic heterocycles. The van der Waals surface area contributed by atoms with Crippen molar-refractivity contribution in [3.05, 3.63) is 58.6 Å². The molecule has 10 heteroatoms. The van der Waals surface area contributed by atoms with Gasteiger partial charge in [0, 0.05) is 18.6 Å². The molecule has 1 atom stereocenters. The molecule has 1 unspecified atom stereocenters. The van der Waals surface area contributed by atoms with Gasteiger partial charge in [-0.3, -0.25) is 13.9 Å². The molecule has 33 heavy (non-hydrogen) atoms. The summed E-state index contributed by atoms with van der Waals surface area (Å²) >= 11 is 6.10. The third-order valence-electron chi connectivity index (χ3n) is 5.24. The number of methoxy groups -OCH3 is 1. The molecule has 8 nitrogen and oxygen atoms in total. The fraction of sp³-hybridized carbons (Fsp3) is 0.391. The quantitative estimate of drug-likeness (QED) is 0.546. The summed E-state index contributed by atoms with van der Waals surface area (Å²) in [5, 5.41) is 2.93. The number of benzene rings is 2. The molecule has 0 radical (unpaired) electrons. The number of anilines is 1. The molecule has 0 saturated carbocycles. The predicted molar refractivity (Wildman–Crippen MR) is 130 cm³/mol. The van der Waals surface area contributed by atoms with Crippen molar-refractivity contribution in [1.29, 1.82) is 0 Å². The molecule has 2 aromatic rings. The number of hydrogen-bond acceptors (Lipinski definition) is 5. The van der Waals surface area contributed by atoms with Crippen LogP contribution in [0.4, 0.5) is 5.69 Å². The summed E-state index contributed by atoms with van der Waals surface area (Å²) in [5.41, 5.74) is 1.71. The lowest BCUT2D eigenvalue weighted by molar-refractivity contribution is -0.140. The molecule has 0 spiro atoms. The minimum absolute atomic E-state index is 0.105. The summed E-state index contributed by atoms with van der Waals surface area (Å²) in [7, 11) is -0.783. The Hall–Kier alpha value is -2.78. The molecule has 0 aromatic heterocycles. The van der Waals surface area contributed by atoms with Crippen molar-refractivity contribution in [3.8, 4) is 5.75 Å². The molecule has 180 valence electrons. The van der Waals surface area contributed by atoms with Crippen molar-refractivity contribution in [2.24, 2.45) is 0 Å². The highest BCUT2D eigenvalue weighted by Crippen LogP contribution is 2.27. The van der Waals surface area contributed by atoms with Gasteiger partial charge >= 0.3 is 0 Å². The number of nitrogens with zero attached hydrogens (tertiary/aromatic N) is 2. The summed E-state index contributed by atoms with van der Waals surface area (Å²) in [4.78, 5) is 27.5. The van der Waals surface area contributed by atoms with Crippen molar-refractivity contribution in [2.45, 2.75) is 32.9 Å². The Balaban J connectivity index is 2.48. The second-order valence-corrected chi connectivity index (χ2v) is 9.96. The van der Waals surface area contributed by atoms with Gasteiger partial charge in [0.2, 0.25) is 21.8 Å². The van der Waals surface area contributed by atoms with Crippen LogP contribution in [0, 0.1) is 6.92 Å². The highest BCUT2D eigenvalue weighted by molar-refractivity contribution is 7.92. The highest BCUT2D eigenvalue weighted by Gasteiger charge is 2.31. The van der Waals surface area contributed by atoms with E-state index >= 15 is 0 Å². The van der Waals surface area contributed by atoms with Crippen LogP contribution in [-0.4, -0.2) is 58.1 Å². The number of nitrogens with one attached hydrogen (secondary N) is 1. The molecule has 0 bridgehead atoms. The van der Waals surface area contributed by atoms with E-state index in [0.29, 0.717) is 28.4 Å². The van der Waals surface area contributed by atoms with Crippen molar-refractivity contribution >= 4 is 39.1 Å². The van der Waals surface area contributed by atoms with Gasteiger partial charge in [0.25, 0.3) is 0 Å². The van der Waals surface area contributed by atoms with E-state index in [1.165, 1.54) is 18.0 Å². The number of aryl methyl sites for hydroxylation is 1. The maximum absolute atomic E-state index is 13.5. The Morgan fingerprint density at radius 2 is 1.88 bits per heavy atom. The molecule has 2 amide bonds. The summed E-state index contributed by atoms with van der Waals surface area (Å²) in [6.07, 6.45) is 1.38. The minimum Gasteiger partial charge on any atom is -0.497 e. The Labute approximate surface area is 200 Å². The Bertz CT molecular complexity index is 1110. The number of ether oxygens (including phenoxy) is 1. The first-order chi connectivity index (χ1) is 15.5. The van der Waals surface area contributed by atoms with Crippen LogP contribution in [0.3, 0.4) is 0 Å². The first kappa shape index (κ1) is 26.5. The van der Waals surface area contributed by atoms with E-state index in [4.69, 9.17) is 16.3 Å². The van der Waals surface area contributed by atoms with Crippen molar-refractivity contribution < 1.29 is 22.7 Å². The first-order valence-corrected chi connectivity index (χ1v) is 12.6. The van der Waals surface area contributed by atoms with E-state index in [0.717, 1.165) is 16.1 Å². The van der Waals surface area contributed by atoms with Gasteiger partial charge in [-0.25, -0.2) is 8.42 Å². The second kappa shape index (κ2) is 11.4. The van der Waals surface area contributed by atoms with Crippen molar-refractivity contribution in [2.75, 3.05) is 31.3 Å². The normalized spacial score (nSPS) is 12.1. The van der Waals surface area contributed by atoms with Crippen LogP contribution >= 0.6 is 11.6 Å². The number of carbonyl (C=O) groups excluding carboxylic acids is 2. The average Bonchev–Trinajstić information content (AvgIpc) is 2.78. The number of likely N-dealkylation sites (N-methyl/N-ethyl adjacent to an activating group) is 1. The highest BCUT2D eigenvalue weighted by atomic mass is 35.5. The zero-order chi connectivity index (χ0) is 24.8. The van der Waals surface area contributed by atoms with E-state index in [9.17, 15) is 18.0 Å². The minimum atomic E-state index is -3.82. The predicted octanol–water partition coefficient (Wildman–Crippen LogP) is 2.98. The fourth-order valence-electron chi connectivity index (χ4n) is 3.50. The van der Waals surface area contributed by atoms with E-state index in [-0.39, 0.29) is 12.5 Å². The van der Waals surface area contributed by atoms with Gasteiger partial charge in [0.05, 0.1) is 19.1 Å². The molecule has 2 aromatic carbocycles. The summed E-state index contributed by atoms with van der Waals surface area (Å²) in [5.74, 6) is -0.239. The van der Waals surface area contributed by atoms with E-state index in [2.05, 4.69) is 5.32 Å². The topological polar surface area (TPSA) is 96.0 Å². The zero-order valence-corrected chi connectivity index (χ0v) is 21.0. The second-order valence-electron chi connectivity index (χ2n) is 7.61. The lowest BCUT2D eigenvalue weighted by Crippen LogP contribution is -2.51. The van der Waals surface area contributed by atoms with Gasteiger partial charge in [0.1, 0.15) is 18.3 Å². The third kappa shape index (κ3) is 6.85. The SMILES string of the molecule is CCC(C(=O)NC)N(Cc1cccc(OC)c1)C(=O)CN(c1cc(Cl)ccc1C)S(C)(=O)=O. The van der Waals surface area contributed by atoms with Gasteiger partial charge in [-0.05, 0) is 48.7 Å². The van der Waals surface area contributed by atoms with Gasteiger partial charge in [-0.15, -0.1) is 0 Å². The lowest BCUT2D eigenvalue weighted by atomic mass is 10.1. The molecule has 1 N–H and O–H groups in total. The maximum atomic E-state index is 13.5. The summed E-state index contributed by atoms with van der Waals surface area (Å²) in [6, 6.07) is 11.2. The van der Waals surface area contributed by atoms with Crippen molar-refractivity contribution in [1.82, 2.24) is 10.2 Å². The van der Waals surface area contributed by atoms with Gasteiger partial charge in [-0.1, -0.05) is 36.7 Å². The van der Waals surface area contributed by atoms with Crippen LogP contribution in [0.15, 0.2) is 42.5 Å². The van der Waals surface area contributed by atoms with Crippen LogP contribution in [0.5, 0.6) is 5.75 Å². The monoisotopic (exact) mass is 495 g/mol. The summed E-state index contributed by atoms with van der Waals surface area (Å²) < 4.78 is 31.6. The molecular weight excluding hydrogens is 466 g/mol. The van der Waals surface area contributed by atoms with E-state index < -0.39 is 28.5 Å².